The van der Waals surface area contributed by atoms with E-state index in [2.05, 4.69) is 20.6 Å². The number of ether oxygens (including phenoxy) is 1. The summed E-state index contributed by atoms with van der Waals surface area (Å²) >= 11 is 0. The summed E-state index contributed by atoms with van der Waals surface area (Å²) in [6, 6.07) is 23.4. The van der Waals surface area contributed by atoms with E-state index < -0.39 is 9.84 Å². The molecule has 160 valence electrons. The standard InChI is InChI=1S/C23H19N5O3S/c1-31-17-9-7-8-16(14-17)15-24-21-19-12-5-6-13-20(19)28-22(25-21)23(26-27-28)32(29,30)18-10-3-2-4-11-18/h2-14H,15H2,1H3,(H,24,25). The molecule has 0 amide bonds. The van der Waals surface area contributed by atoms with Crippen molar-refractivity contribution in [1.29, 1.82) is 0 Å². The Morgan fingerprint density at radius 3 is 2.56 bits per heavy atom. The minimum Gasteiger partial charge on any atom is -0.497 e. The van der Waals surface area contributed by atoms with Crippen LogP contribution >= 0.6 is 0 Å². The van der Waals surface area contributed by atoms with Gasteiger partial charge in [-0.05, 0) is 42.0 Å². The average molecular weight is 446 g/mol. The van der Waals surface area contributed by atoms with Crippen molar-refractivity contribution in [3.8, 4) is 5.75 Å². The van der Waals surface area contributed by atoms with Crippen LogP contribution in [0.4, 0.5) is 5.82 Å². The Balaban J connectivity index is 1.63. The molecule has 32 heavy (non-hydrogen) atoms. The maximum absolute atomic E-state index is 13.2. The predicted octanol–water partition coefficient (Wildman–Crippen LogP) is 3.73. The number of rotatable bonds is 6. The molecule has 0 aliphatic rings. The van der Waals surface area contributed by atoms with Crippen molar-refractivity contribution in [2.45, 2.75) is 16.5 Å². The predicted molar refractivity (Wildman–Crippen MR) is 121 cm³/mol. The van der Waals surface area contributed by atoms with Gasteiger partial charge in [0.1, 0.15) is 11.6 Å². The molecule has 0 unspecified atom stereocenters. The second-order valence-corrected chi connectivity index (χ2v) is 8.99. The molecule has 0 fully saturated rings. The largest absolute Gasteiger partial charge is 0.497 e. The lowest BCUT2D eigenvalue weighted by Gasteiger charge is -2.11. The van der Waals surface area contributed by atoms with Crippen LogP contribution in [0.5, 0.6) is 5.75 Å². The van der Waals surface area contributed by atoms with Gasteiger partial charge in [0, 0.05) is 11.9 Å². The number of hydrogen-bond donors (Lipinski definition) is 1. The Bertz CT molecular complexity index is 1530. The molecule has 5 aromatic rings. The molecule has 0 saturated heterocycles. The van der Waals surface area contributed by atoms with Gasteiger partial charge < -0.3 is 10.1 Å². The van der Waals surface area contributed by atoms with Gasteiger partial charge in [0.2, 0.25) is 14.9 Å². The van der Waals surface area contributed by atoms with Gasteiger partial charge in [-0.3, -0.25) is 0 Å². The minimum absolute atomic E-state index is 0.142. The van der Waals surface area contributed by atoms with Gasteiger partial charge in [0.05, 0.1) is 17.5 Å². The summed E-state index contributed by atoms with van der Waals surface area (Å²) < 4.78 is 33.2. The SMILES string of the molecule is COc1cccc(CNc2nc3c(S(=O)(=O)c4ccccc4)nnn3c3ccccc23)c1. The Morgan fingerprint density at radius 1 is 0.969 bits per heavy atom. The topological polar surface area (TPSA) is 98.5 Å². The van der Waals surface area contributed by atoms with E-state index >= 15 is 0 Å². The third-order valence-corrected chi connectivity index (χ3v) is 6.79. The Labute approximate surface area is 184 Å². The second kappa shape index (κ2) is 7.93. The first-order chi connectivity index (χ1) is 15.6. The van der Waals surface area contributed by atoms with Crippen molar-refractivity contribution in [1.82, 2.24) is 19.8 Å². The highest BCUT2D eigenvalue weighted by Gasteiger charge is 2.26. The van der Waals surface area contributed by atoms with E-state index in [0.717, 1.165) is 16.7 Å². The molecule has 3 aromatic carbocycles. The fourth-order valence-electron chi connectivity index (χ4n) is 3.53. The second-order valence-electron chi connectivity index (χ2n) is 7.13. The molecule has 9 heteroatoms. The Hall–Kier alpha value is -3.98. The number of benzene rings is 3. The molecule has 0 saturated carbocycles. The molecule has 2 aromatic heterocycles. The number of fused-ring (bicyclic) bond motifs is 3. The van der Waals surface area contributed by atoms with Crippen molar-refractivity contribution in [3.63, 3.8) is 0 Å². The van der Waals surface area contributed by atoms with Crippen LogP contribution in [0.1, 0.15) is 5.56 Å². The summed E-state index contributed by atoms with van der Waals surface area (Å²) in [7, 11) is -2.26. The van der Waals surface area contributed by atoms with Crippen molar-refractivity contribution in [3.05, 3.63) is 84.4 Å². The van der Waals surface area contributed by atoms with Gasteiger partial charge in [0.25, 0.3) is 0 Å². The van der Waals surface area contributed by atoms with Crippen LogP contribution in [0.3, 0.4) is 0 Å². The zero-order valence-electron chi connectivity index (χ0n) is 17.1. The van der Waals surface area contributed by atoms with E-state index in [0.29, 0.717) is 17.9 Å². The molecular formula is C23H19N5O3S. The van der Waals surface area contributed by atoms with Gasteiger partial charge in [-0.1, -0.05) is 47.7 Å². The Kier molecular flexibility index (Phi) is 4.95. The van der Waals surface area contributed by atoms with E-state index in [4.69, 9.17) is 4.74 Å². The molecule has 0 spiro atoms. The molecule has 5 rings (SSSR count). The van der Waals surface area contributed by atoms with Crippen LogP contribution in [0.25, 0.3) is 16.6 Å². The molecule has 8 nitrogen and oxygen atoms in total. The maximum atomic E-state index is 13.2. The summed E-state index contributed by atoms with van der Waals surface area (Å²) in [4.78, 5) is 4.77. The monoisotopic (exact) mass is 445 g/mol. The van der Waals surface area contributed by atoms with E-state index in [1.807, 2.05) is 48.5 Å². The van der Waals surface area contributed by atoms with Crippen LogP contribution in [-0.4, -0.2) is 35.3 Å². The summed E-state index contributed by atoms with van der Waals surface area (Å²) in [5.41, 5.74) is 1.87. The van der Waals surface area contributed by atoms with Crippen LogP contribution in [0, 0.1) is 0 Å². The molecule has 2 heterocycles. The first-order valence-electron chi connectivity index (χ1n) is 9.89. The van der Waals surface area contributed by atoms with E-state index in [1.165, 1.54) is 16.6 Å². The smallest absolute Gasteiger partial charge is 0.229 e. The molecule has 1 N–H and O–H groups in total. The van der Waals surface area contributed by atoms with Crippen molar-refractivity contribution >= 4 is 32.2 Å². The van der Waals surface area contributed by atoms with Gasteiger partial charge in [-0.15, -0.1) is 5.10 Å². The summed E-state index contributed by atoms with van der Waals surface area (Å²) in [5, 5.41) is 12.0. The fraction of sp³-hybridized carbons (Fsp3) is 0.0870. The lowest BCUT2D eigenvalue weighted by atomic mass is 10.2. The number of sulfone groups is 1. The number of anilines is 1. The van der Waals surface area contributed by atoms with Gasteiger partial charge >= 0.3 is 0 Å². The number of para-hydroxylation sites is 1. The molecule has 0 bridgehead atoms. The van der Waals surface area contributed by atoms with E-state index in [9.17, 15) is 8.42 Å². The summed E-state index contributed by atoms with van der Waals surface area (Å²) in [5.74, 6) is 1.30. The highest BCUT2D eigenvalue weighted by molar-refractivity contribution is 7.91. The Morgan fingerprint density at radius 2 is 1.75 bits per heavy atom. The van der Waals surface area contributed by atoms with Crippen LogP contribution in [0.15, 0.2) is 88.8 Å². The van der Waals surface area contributed by atoms with Crippen molar-refractivity contribution in [2.24, 2.45) is 0 Å². The highest BCUT2D eigenvalue weighted by Crippen LogP contribution is 2.28. The first kappa shape index (κ1) is 20.0. The van der Waals surface area contributed by atoms with E-state index in [-0.39, 0.29) is 15.6 Å². The quantitative estimate of drug-likeness (QED) is 0.425. The zero-order chi connectivity index (χ0) is 22.1. The van der Waals surface area contributed by atoms with Gasteiger partial charge in [0.15, 0.2) is 5.65 Å². The van der Waals surface area contributed by atoms with E-state index in [1.54, 1.807) is 25.3 Å². The lowest BCUT2D eigenvalue weighted by Crippen LogP contribution is -2.07. The van der Waals surface area contributed by atoms with Gasteiger partial charge in [-0.25, -0.2) is 13.4 Å². The lowest BCUT2D eigenvalue weighted by molar-refractivity contribution is 0.414. The number of nitrogens with zero attached hydrogens (tertiary/aromatic N) is 4. The van der Waals surface area contributed by atoms with Crippen LogP contribution < -0.4 is 10.1 Å². The highest BCUT2D eigenvalue weighted by atomic mass is 32.2. The maximum Gasteiger partial charge on any atom is 0.229 e. The fourth-order valence-corrected chi connectivity index (χ4v) is 4.79. The first-order valence-corrected chi connectivity index (χ1v) is 11.4. The number of nitrogens with one attached hydrogen (secondary N) is 1. The molecule has 0 aliphatic carbocycles. The van der Waals surface area contributed by atoms with Crippen LogP contribution in [-0.2, 0) is 16.4 Å². The number of aromatic nitrogens is 4. The molecule has 0 atom stereocenters. The third kappa shape index (κ3) is 3.42. The molecular weight excluding hydrogens is 426 g/mol. The average Bonchev–Trinajstić information content (AvgIpc) is 3.28. The number of hydrogen-bond acceptors (Lipinski definition) is 7. The number of methoxy groups -OCH3 is 1. The third-order valence-electron chi connectivity index (χ3n) is 5.12. The van der Waals surface area contributed by atoms with Gasteiger partial charge in [-0.2, -0.15) is 4.52 Å². The zero-order valence-corrected chi connectivity index (χ0v) is 18.0. The molecule has 0 aliphatic heterocycles. The molecule has 0 radical (unpaired) electrons. The summed E-state index contributed by atoms with van der Waals surface area (Å²) in [6.07, 6.45) is 0. The minimum atomic E-state index is -3.89. The van der Waals surface area contributed by atoms with Crippen molar-refractivity contribution in [2.75, 3.05) is 12.4 Å². The van der Waals surface area contributed by atoms with Crippen LogP contribution in [0.2, 0.25) is 0 Å². The summed E-state index contributed by atoms with van der Waals surface area (Å²) in [6.45, 7) is 0.479. The van der Waals surface area contributed by atoms with Crippen molar-refractivity contribution < 1.29 is 13.2 Å². The normalized spacial score (nSPS) is 11.7.